The maximum absolute atomic E-state index is 15.4. The summed E-state index contributed by atoms with van der Waals surface area (Å²) in [6.07, 6.45) is -5.20. The third-order valence-corrected chi connectivity index (χ3v) is 11.7. The molecule has 0 aromatic carbocycles. The fourth-order valence-electron chi connectivity index (χ4n) is 10.5. The number of rotatable bonds is 9. The van der Waals surface area contributed by atoms with Crippen molar-refractivity contribution >= 4 is 41.6 Å². The Kier molecular flexibility index (Phi) is 9.72. The van der Waals surface area contributed by atoms with Crippen molar-refractivity contribution in [2.24, 2.45) is 40.9 Å². The Morgan fingerprint density at radius 1 is 0.820 bits per heavy atom. The molecule has 278 valence electrons. The summed E-state index contributed by atoms with van der Waals surface area (Å²) in [7, 11) is 0. The molecule has 2 bridgehead atoms. The van der Waals surface area contributed by atoms with E-state index in [0.29, 0.717) is 0 Å². The number of hydrogen-bond donors (Lipinski definition) is 0. The monoisotopic (exact) mass is 706 g/mol. The van der Waals surface area contributed by atoms with Gasteiger partial charge in [-0.3, -0.25) is 33.6 Å². The van der Waals surface area contributed by atoms with E-state index in [1.165, 1.54) is 20.8 Å². The second-order valence-electron chi connectivity index (χ2n) is 15.7. The summed E-state index contributed by atoms with van der Waals surface area (Å²) in [6, 6.07) is 0. The molecule has 5 rings (SSSR count). The molecule has 1 heterocycles. The Hall–Kier alpha value is -3.55. The molecule has 1 saturated heterocycles. The first-order valence-electron chi connectivity index (χ1n) is 17.5. The first-order chi connectivity index (χ1) is 23.2. The molecule has 0 unspecified atom stereocenters. The van der Waals surface area contributed by atoms with Crippen molar-refractivity contribution in [3.05, 3.63) is 0 Å². The van der Waals surface area contributed by atoms with E-state index in [2.05, 4.69) is 0 Å². The fraction of sp³-hybridized carbons (Fsp3) is 0.806. The van der Waals surface area contributed by atoms with Gasteiger partial charge in [0.15, 0.2) is 23.6 Å². The van der Waals surface area contributed by atoms with Crippen molar-refractivity contribution in [2.45, 2.75) is 136 Å². The highest BCUT2D eigenvalue weighted by atomic mass is 16.6. The van der Waals surface area contributed by atoms with Gasteiger partial charge >= 0.3 is 35.8 Å². The van der Waals surface area contributed by atoms with Gasteiger partial charge in [-0.15, -0.1) is 0 Å². The number of ether oxygens (including phenoxy) is 7. The van der Waals surface area contributed by atoms with Crippen molar-refractivity contribution < 1.29 is 66.7 Å². The van der Waals surface area contributed by atoms with Crippen molar-refractivity contribution in [1.82, 2.24) is 0 Å². The van der Waals surface area contributed by atoms with Gasteiger partial charge < -0.3 is 33.2 Å². The molecule has 0 aromatic heterocycles. The lowest BCUT2D eigenvalue weighted by molar-refractivity contribution is -0.261. The second kappa shape index (κ2) is 12.9. The van der Waals surface area contributed by atoms with Gasteiger partial charge in [0.25, 0.3) is 0 Å². The first-order valence-corrected chi connectivity index (χ1v) is 17.5. The molecule has 1 aliphatic heterocycles. The summed E-state index contributed by atoms with van der Waals surface area (Å²) in [5.74, 6) is -8.96. The minimum atomic E-state index is -1.84. The summed E-state index contributed by atoms with van der Waals surface area (Å²) >= 11 is 0. The van der Waals surface area contributed by atoms with Crippen LogP contribution < -0.4 is 0 Å². The molecular formula is C36H50O14. The quantitative estimate of drug-likeness (QED) is 0.252. The number of esters is 6. The number of carbonyl (C=O) groups excluding carboxylic acids is 7. The maximum atomic E-state index is 15.4. The molecule has 0 amide bonds. The highest BCUT2D eigenvalue weighted by Gasteiger charge is 2.86. The topological polar surface area (TPSA) is 184 Å². The van der Waals surface area contributed by atoms with Crippen molar-refractivity contribution in [1.29, 1.82) is 0 Å². The summed E-state index contributed by atoms with van der Waals surface area (Å²) < 4.78 is 43.3. The molecule has 13 atom stereocenters. The second-order valence-corrected chi connectivity index (χ2v) is 15.7. The van der Waals surface area contributed by atoms with Crippen LogP contribution in [-0.4, -0.2) is 89.4 Å². The molecule has 14 heteroatoms. The van der Waals surface area contributed by atoms with Gasteiger partial charge in [0.05, 0.1) is 17.9 Å². The summed E-state index contributed by atoms with van der Waals surface area (Å²) in [5, 5.41) is 0. The van der Waals surface area contributed by atoms with Crippen molar-refractivity contribution in [3.8, 4) is 0 Å². The lowest BCUT2D eigenvalue weighted by Gasteiger charge is -2.64. The predicted molar refractivity (Wildman–Crippen MR) is 169 cm³/mol. The number of hydrogen-bond acceptors (Lipinski definition) is 14. The van der Waals surface area contributed by atoms with E-state index in [-0.39, 0.29) is 38.2 Å². The molecule has 4 aliphatic carbocycles. The van der Waals surface area contributed by atoms with Gasteiger partial charge in [0, 0.05) is 58.3 Å². The summed E-state index contributed by atoms with van der Waals surface area (Å²) in [5.41, 5.74) is -6.53. The van der Waals surface area contributed by atoms with Crippen molar-refractivity contribution in [3.63, 3.8) is 0 Å². The molecule has 4 saturated carbocycles. The van der Waals surface area contributed by atoms with Crippen LogP contribution in [0.2, 0.25) is 0 Å². The Morgan fingerprint density at radius 2 is 1.44 bits per heavy atom. The smallest absolute Gasteiger partial charge is 0.306 e. The van der Waals surface area contributed by atoms with Gasteiger partial charge in [-0.05, 0) is 38.5 Å². The van der Waals surface area contributed by atoms with Gasteiger partial charge in [0.1, 0.15) is 23.4 Å². The summed E-state index contributed by atoms with van der Waals surface area (Å²) in [4.78, 5) is 93.6. The Morgan fingerprint density at radius 3 is 1.98 bits per heavy atom. The third kappa shape index (κ3) is 5.69. The van der Waals surface area contributed by atoms with Crippen LogP contribution in [-0.2, 0) is 66.7 Å². The van der Waals surface area contributed by atoms with Gasteiger partial charge in [-0.25, -0.2) is 0 Å². The molecular weight excluding hydrogens is 656 g/mol. The normalized spacial score (nSPS) is 42.5. The van der Waals surface area contributed by atoms with E-state index in [1.807, 2.05) is 13.8 Å². The highest BCUT2D eigenvalue weighted by Crippen LogP contribution is 2.73. The van der Waals surface area contributed by atoms with Crippen molar-refractivity contribution in [2.75, 3.05) is 6.61 Å². The fourth-order valence-corrected chi connectivity index (χ4v) is 10.5. The van der Waals surface area contributed by atoms with Crippen LogP contribution >= 0.6 is 0 Å². The molecule has 5 aliphatic rings. The first kappa shape index (κ1) is 37.7. The average Bonchev–Trinajstić information content (AvgIpc) is 3.40. The maximum Gasteiger partial charge on any atom is 0.306 e. The number of ketones is 1. The summed E-state index contributed by atoms with van der Waals surface area (Å²) in [6.45, 7) is 14.8. The van der Waals surface area contributed by atoms with Gasteiger partial charge in [-0.2, -0.15) is 0 Å². The zero-order valence-corrected chi connectivity index (χ0v) is 30.5. The van der Waals surface area contributed by atoms with Gasteiger partial charge in [0.2, 0.25) is 0 Å². The Labute approximate surface area is 291 Å². The Bertz CT molecular complexity index is 1470. The number of carbonyl (C=O) groups is 7. The molecule has 5 fully saturated rings. The average molecular weight is 707 g/mol. The minimum Gasteiger partial charge on any atom is -0.461 e. The number of Topliss-reactive ketones (excluding diaryl/α,β-unsaturated/α-hetero) is 1. The predicted octanol–water partition coefficient (Wildman–Crippen LogP) is 3.03. The largest absolute Gasteiger partial charge is 0.461 e. The van der Waals surface area contributed by atoms with Crippen LogP contribution in [0.15, 0.2) is 0 Å². The van der Waals surface area contributed by atoms with Crippen LogP contribution in [0, 0.1) is 40.9 Å². The molecule has 0 aromatic rings. The van der Waals surface area contributed by atoms with Crippen LogP contribution in [0.4, 0.5) is 0 Å². The van der Waals surface area contributed by atoms with Crippen LogP contribution in [0.3, 0.4) is 0 Å². The lowest BCUT2D eigenvalue weighted by atomic mass is 9.42. The standard InChI is InChI=1S/C36H50O14/c1-11-23(41)47-27-17(4)13-36(50-21(8)40)26(27)31(45-18(5)37)35-15-44-34(10,32(36)46-19(6)38)29(35)25-22(14-33(25,9)49-20(7)39)28(30(35)43)48-24(42)12-16(2)3/h16-17,22,25-29,31-32H,11-15H2,1-10H3/t17-,22+,25-,26+,27-,28+,29-,31+,32-,33-,34+,35-,36+/m0/s1. The van der Waals surface area contributed by atoms with E-state index in [0.717, 1.165) is 6.92 Å². The van der Waals surface area contributed by atoms with Crippen LogP contribution in [0.25, 0.3) is 0 Å². The third-order valence-electron chi connectivity index (χ3n) is 11.7. The van der Waals surface area contributed by atoms with E-state index in [1.54, 1.807) is 27.7 Å². The van der Waals surface area contributed by atoms with E-state index in [9.17, 15) is 28.8 Å². The Balaban J connectivity index is 1.86. The van der Waals surface area contributed by atoms with E-state index >= 15 is 4.79 Å². The molecule has 14 nitrogen and oxygen atoms in total. The SMILES string of the molecule is CCC(=O)O[C@@H]1[C@@H]2[C@@H](OC(C)=O)[C@@]34CO[C@@](C)([C@H](OC(C)=O)[C@@]2(OC(C)=O)C[C@@H]1C)[C@@H]3[C@@H]1[C@@H](C[C@]1(C)OC(C)=O)[C@@H](OC(=O)CC(C)C)C4=O. The lowest BCUT2D eigenvalue weighted by Crippen LogP contribution is -2.75. The van der Waals surface area contributed by atoms with Crippen LogP contribution in [0.5, 0.6) is 0 Å². The molecule has 0 spiro atoms. The van der Waals surface area contributed by atoms with Gasteiger partial charge in [-0.1, -0.05) is 27.7 Å². The van der Waals surface area contributed by atoms with Crippen LogP contribution in [0.1, 0.15) is 94.9 Å². The van der Waals surface area contributed by atoms with E-state index in [4.69, 9.17) is 33.2 Å². The minimum absolute atomic E-state index is 0.00594. The molecule has 0 radical (unpaired) electrons. The zero-order valence-electron chi connectivity index (χ0n) is 30.5. The molecule has 50 heavy (non-hydrogen) atoms. The van der Waals surface area contributed by atoms with E-state index < -0.39 is 118 Å². The molecule has 0 N–H and O–H groups in total. The number of fused-ring (bicyclic) bond motifs is 2. The zero-order chi connectivity index (χ0) is 37.3. The highest BCUT2D eigenvalue weighted by molar-refractivity contribution is 5.94.